The molecule has 2 aromatic carbocycles. The minimum absolute atomic E-state index is 0.260. The molecule has 0 unspecified atom stereocenters. The van der Waals surface area contributed by atoms with E-state index in [-0.39, 0.29) is 12.0 Å². The molecule has 8 heteroatoms. The zero-order chi connectivity index (χ0) is 26.8. The van der Waals surface area contributed by atoms with Gasteiger partial charge in [-0.1, -0.05) is 37.3 Å². The van der Waals surface area contributed by atoms with E-state index in [1.54, 1.807) is 22.8 Å². The van der Waals surface area contributed by atoms with Crippen LogP contribution in [0.3, 0.4) is 0 Å². The number of hydrogen-bond donors (Lipinski definition) is 2. The molecule has 0 spiro atoms. The van der Waals surface area contributed by atoms with Gasteiger partial charge in [-0.15, -0.1) is 0 Å². The van der Waals surface area contributed by atoms with Crippen molar-refractivity contribution in [3.63, 3.8) is 0 Å². The SMILES string of the molecule is C/C=C(/C)c1ccccc1CCNC(=O)c1cc(CC)c2nc(-c3ccc(N4CC(O)C4)cc3F)cn2n1. The number of aliphatic hydroxyl groups is 1. The standard InChI is InChI=1S/C30H32FN5O2/c1-4-19(3)24-9-7-6-8-21(24)12-13-32-30(38)27-14-20(5-2)29-33-28(18-36(29)34-27)25-11-10-22(15-26(25)31)35-16-23(37)17-35/h4,6-11,14-15,18,23,37H,5,12-13,16-17H2,1-3H3,(H,32,38)/b19-4-. The number of nitrogens with zero attached hydrogens (tertiary/aromatic N) is 4. The van der Waals surface area contributed by atoms with Gasteiger partial charge < -0.3 is 15.3 Å². The van der Waals surface area contributed by atoms with Gasteiger partial charge in [-0.05, 0) is 73.2 Å². The monoisotopic (exact) mass is 513 g/mol. The normalized spacial score (nSPS) is 14.1. The summed E-state index contributed by atoms with van der Waals surface area (Å²) in [5.41, 5.74) is 6.87. The van der Waals surface area contributed by atoms with Gasteiger partial charge in [-0.3, -0.25) is 4.79 Å². The zero-order valence-electron chi connectivity index (χ0n) is 21.9. The van der Waals surface area contributed by atoms with Crippen molar-refractivity contribution in [2.75, 3.05) is 24.5 Å². The molecule has 5 rings (SSSR count). The molecule has 0 saturated carbocycles. The van der Waals surface area contributed by atoms with E-state index in [0.29, 0.717) is 55.1 Å². The molecular formula is C30H32FN5O2. The van der Waals surface area contributed by atoms with E-state index in [2.05, 4.69) is 40.5 Å². The number of carbonyl (C=O) groups excluding carboxylic acids is 1. The van der Waals surface area contributed by atoms with Crippen LogP contribution in [0.2, 0.25) is 0 Å². The molecule has 0 radical (unpaired) electrons. The van der Waals surface area contributed by atoms with Gasteiger partial charge in [-0.2, -0.15) is 5.10 Å². The molecule has 1 fully saturated rings. The summed E-state index contributed by atoms with van der Waals surface area (Å²) in [6, 6.07) is 15.0. The van der Waals surface area contributed by atoms with Crippen LogP contribution in [0, 0.1) is 5.82 Å². The Labute approximate surface area is 221 Å². The van der Waals surface area contributed by atoms with E-state index in [1.807, 2.05) is 36.9 Å². The molecule has 3 heterocycles. The highest BCUT2D eigenvalue weighted by Crippen LogP contribution is 2.29. The maximum Gasteiger partial charge on any atom is 0.271 e. The van der Waals surface area contributed by atoms with Gasteiger partial charge in [0, 0.05) is 30.9 Å². The summed E-state index contributed by atoms with van der Waals surface area (Å²) in [5.74, 6) is -0.652. The lowest BCUT2D eigenvalue weighted by Crippen LogP contribution is -2.50. The Morgan fingerprint density at radius 3 is 2.68 bits per heavy atom. The molecule has 0 bridgehead atoms. The molecule has 1 aliphatic rings. The van der Waals surface area contributed by atoms with Crippen molar-refractivity contribution in [1.82, 2.24) is 19.9 Å². The van der Waals surface area contributed by atoms with Crippen molar-refractivity contribution >= 4 is 22.8 Å². The van der Waals surface area contributed by atoms with Crippen LogP contribution in [0.1, 0.15) is 48.0 Å². The number of amides is 1. The highest BCUT2D eigenvalue weighted by Gasteiger charge is 2.25. The summed E-state index contributed by atoms with van der Waals surface area (Å²) in [7, 11) is 0. The number of rotatable bonds is 8. The molecule has 1 amide bonds. The predicted molar refractivity (Wildman–Crippen MR) is 148 cm³/mol. The van der Waals surface area contributed by atoms with Crippen molar-refractivity contribution in [2.24, 2.45) is 0 Å². The van der Waals surface area contributed by atoms with Crippen LogP contribution in [0.15, 0.2) is 60.8 Å². The molecule has 0 atom stereocenters. The number of allylic oxidation sites excluding steroid dienone is 2. The fraction of sp³-hybridized carbons (Fsp3) is 0.300. The predicted octanol–water partition coefficient (Wildman–Crippen LogP) is 4.67. The minimum atomic E-state index is -0.392. The molecule has 2 aromatic heterocycles. The lowest BCUT2D eigenvalue weighted by Gasteiger charge is -2.37. The first-order chi connectivity index (χ1) is 18.4. The number of benzene rings is 2. The quantitative estimate of drug-likeness (QED) is 0.358. The molecule has 1 aliphatic heterocycles. The Morgan fingerprint density at radius 2 is 1.97 bits per heavy atom. The number of fused-ring (bicyclic) bond motifs is 1. The van der Waals surface area contributed by atoms with E-state index in [1.165, 1.54) is 22.8 Å². The Bertz CT molecular complexity index is 1520. The second-order valence-corrected chi connectivity index (χ2v) is 9.66. The average molecular weight is 514 g/mol. The number of anilines is 1. The number of β-amino-alcohol motifs (C(OH)–C–C–N with tert-alkyl or cyclic N) is 1. The lowest BCUT2D eigenvalue weighted by atomic mass is 9.98. The minimum Gasteiger partial charge on any atom is -0.389 e. The Hall–Kier alpha value is -4.04. The molecular weight excluding hydrogens is 481 g/mol. The van der Waals surface area contributed by atoms with Crippen molar-refractivity contribution in [3.05, 3.63) is 89.0 Å². The fourth-order valence-electron chi connectivity index (χ4n) is 4.80. The molecule has 38 heavy (non-hydrogen) atoms. The van der Waals surface area contributed by atoms with Crippen LogP contribution >= 0.6 is 0 Å². The smallest absolute Gasteiger partial charge is 0.271 e. The molecule has 196 valence electrons. The van der Waals surface area contributed by atoms with Gasteiger partial charge in [-0.25, -0.2) is 13.9 Å². The van der Waals surface area contributed by atoms with Crippen LogP contribution < -0.4 is 10.2 Å². The van der Waals surface area contributed by atoms with Crippen LogP contribution in [-0.4, -0.2) is 51.4 Å². The summed E-state index contributed by atoms with van der Waals surface area (Å²) in [4.78, 5) is 19.6. The Balaban J connectivity index is 1.34. The zero-order valence-corrected chi connectivity index (χ0v) is 21.9. The molecule has 7 nitrogen and oxygen atoms in total. The molecule has 2 N–H and O–H groups in total. The van der Waals surface area contributed by atoms with Crippen LogP contribution in [0.25, 0.3) is 22.5 Å². The first-order valence-electron chi connectivity index (χ1n) is 13.0. The van der Waals surface area contributed by atoms with E-state index in [9.17, 15) is 9.90 Å². The van der Waals surface area contributed by atoms with Gasteiger partial charge in [0.1, 0.15) is 11.5 Å². The largest absolute Gasteiger partial charge is 0.389 e. The van der Waals surface area contributed by atoms with Crippen molar-refractivity contribution in [1.29, 1.82) is 0 Å². The number of aryl methyl sites for hydroxylation is 1. The van der Waals surface area contributed by atoms with E-state index < -0.39 is 5.82 Å². The first kappa shape index (κ1) is 25.6. The highest BCUT2D eigenvalue weighted by atomic mass is 19.1. The van der Waals surface area contributed by atoms with Gasteiger partial charge >= 0.3 is 0 Å². The van der Waals surface area contributed by atoms with E-state index >= 15 is 4.39 Å². The maximum absolute atomic E-state index is 15.0. The second kappa shape index (κ2) is 10.8. The molecule has 0 aliphatic carbocycles. The number of aromatic nitrogens is 3. The summed E-state index contributed by atoms with van der Waals surface area (Å²) in [5, 5.41) is 17.0. The molecule has 1 saturated heterocycles. The van der Waals surface area contributed by atoms with Gasteiger partial charge in [0.15, 0.2) is 5.65 Å². The number of hydrogen-bond acceptors (Lipinski definition) is 5. The van der Waals surface area contributed by atoms with Gasteiger partial charge in [0.05, 0.1) is 18.0 Å². The third-order valence-electron chi connectivity index (χ3n) is 7.13. The average Bonchev–Trinajstić information content (AvgIpc) is 3.34. The summed E-state index contributed by atoms with van der Waals surface area (Å²) in [6.45, 7) is 7.58. The Kier molecular flexibility index (Phi) is 7.24. The lowest BCUT2D eigenvalue weighted by molar-refractivity contribution is 0.0947. The Morgan fingerprint density at radius 1 is 1.18 bits per heavy atom. The number of carbonyl (C=O) groups is 1. The van der Waals surface area contributed by atoms with E-state index in [4.69, 9.17) is 0 Å². The van der Waals surface area contributed by atoms with Crippen molar-refractivity contribution in [3.8, 4) is 11.3 Å². The van der Waals surface area contributed by atoms with E-state index in [0.717, 1.165) is 11.3 Å². The highest BCUT2D eigenvalue weighted by molar-refractivity contribution is 5.92. The second-order valence-electron chi connectivity index (χ2n) is 9.66. The van der Waals surface area contributed by atoms with Crippen LogP contribution in [0.4, 0.5) is 10.1 Å². The number of nitrogens with one attached hydrogen (secondary N) is 1. The van der Waals surface area contributed by atoms with Crippen LogP contribution in [-0.2, 0) is 12.8 Å². The first-order valence-corrected chi connectivity index (χ1v) is 13.0. The third-order valence-corrected chi connectivity index (χ3v) is 7.13. The molecule has 4 aromatic rings. The number of halogens is 1. The summed E-state index contributed by atoms with van der Waals surface area (Å²) >= 11 is 0. The van der Waals surface area contributed by atoms with Crippen molar-refractivity contribution < 1.29 is 14.3 Å². The summed E-state index contributed by atoms with van der Waals surface area (Å²) in [6.07, 6.45) is 4.74. The topological polar surface area (TPSA) is 82.8 Å². The number of aliphatic hydroxyl groups excluding tert-OH is 1. The van der Waals surface area contributed by atoms with Crippen molar-refractivity contribution in [2.45, 2.75) is 39.7 Å². The van der Waals surface area contributed by atoms with Crippen LogP contribution in [0.5, 0.6) is 0 Å². The van der Waals surface area contributed by atoms with Gasteiger partial charge in [0.25, 0.3) is 5.91 Å². The van der Waals surface area contributed by atoms with Gasteiger partial charge in [0.2, 0.25) is 0 Å². The third kappa shape index (κ3) is 5.04. The summed E-state index contributed by atoms with van der Waals surface area (Å²) < 4.78 is 16.6. The maximum atomic E-state index is 15.0. The fourth-order valence-corrected chi connectivity index (χ4v) is 4.80. The number of imidazole rings is 1.